The lowest BCUT2D eigenvalue weighted by Gasteiger charge is -2.33. The summed E-state index contributed by atoms with van der Waals surface area (Å²) in [6.45, 7) is 4.12. The van der Waals surface area contributed by atoms with Gasteiger partial charge in [0.15, 0.2) is 0 Å². The molecular weight excluding hydrogens is 232 g/mol. The Morgan fingerprint density at radius 3 is 3.06 bits per heavy atom. The molecule has 0 N–H and O–H groups in total. The molecule has 0 amide bonds. The van der Waals surface area contributed by atoms with Gasteiger partial charge in [-0.3, -0.25) is 4.79 Å². The predicted octanol–water partition coefficient (Wildman–Crippen LogP) is 2.31. The highest BCUT2D eigenvalue weighted by Crippen LogP contribution is 2.26. The van der Waals surface area contributed by atoms with E-state index < -0.39 is 0 Å². The van der Waals surface area contributed by atoms with E-state index in [-0.39, 0.29) is 0 Å². The summed E-state index contributed by atoms with van der Waals surface area (Å²) in [6, 6.07) is 7.49. The summed E-state index contributed by atoms with van der Waals surface area (Å²) in [7, 11) is 0. The van der Waals surface area contributed by atoms with Crippen molar-refractivity contribution in [1.82, 2.24) is 0 Å². The summed E-state index contributed by atoms with van der Waals surface area (Å²) in [5.41, 5.74) is 2.10. The van der Waals surface area contributed by atoms with Crippen molar-refractivity contribution in [2.75, 3.05) is 23.7 Å². The molecule has 88 valence electrons. The minimum Gasteiger partial charge on any atom is -0.369 e. The Kier molecular flexibility index (Phi) is 3.70. The monoisotopic (exact) mass is 246 g/mol. The van der Waals surface area contributed by atoms with E-state index in [4.69, 9.17) is 5.26 Å². The van der Waals surface area contributed by atoms with Gasteiger partial charge in [0.25, 0.3) is 0 Å². The first-order valence-electron chi connectivity index (χ1n) is 5.60. The van der Waals surface area contributed by atoms with Gasteiger partial charge >= 0.3 is 0 Å². The largest absolute Gasteiger partial charge is 0.369 e. The van der Waals surface area contributed by atoms with E-state index in [2.05, 4.69) is 17.9 Å². The minimum absolute atomic E-state index is 0.560. The first kappa shape index (κ1) is 12.0. The van der Waals surface area contributed by atoms with Crippen molar-refractivity contribution < 1.29 is 4.79 Å². The second kappa shape index (κ2) is 5.24. The Hall–Kier alpha value is -1.47. The van der Waals surface area contributed by atoms with Gasteiger partial charge in [-0.25, -0.2) is 0 Å². The zero-order valence-electron chi connectivity index (χ0n) is 9.72. The standard InChI is InChI=1S/C13H14N2OS/c1-10-8-15(4-5-17-10)13-3-2-11(9-16)6-12(13)7-14/h2-3,6,9-10H,4-5,8H2,1H3. The van der Waals surface area contributed by atoms with Crippen molar-refractivity contribution >= 4 is 23.7 Å². The van der Waals surface area contributed by atoms with E-state index in [1.54, 1.807) is 12.1 Å². The summed E-state index contributed by atoms with van der Waals surface area (Å²) in [5, 5.41) is 9.72. The van der Waals surface area contributed by atoms with Crippen LogP contribution in [-0.2, 0) is 0 Å². The number of anilines is 1. The fraction of sp³-hybridized carbons (Fsp3) is 0.385. The predicted molar refractivity (Wildman–Crippen MR) is 70.7 cm³/mol. The van der Waals surface area contributed by atoms with Crippen LogP contribution in [0.5, 0.6) is 0 Å². The van der Waals surface area contributed by atoms with Crippen LogP contribution >= 0.6 is 11.8 Å². The highest BCUT2D eigenvalue weighted by Gasteiger charge is 2.19. The van der Waals surface area contributed by atoms with E-state index in [1.165, 1.54) is 0 Å². The zero-order valence-corrected chi connectivity index (χ0v) is 10.5. The molecule has 0 aliphatic carbocycles. The third-order valence-corrected chi connectivity index (χ3v) is 4.00. The normalized spacial score (nSPS) is 19.8. The molecule has 2 rings (SSSR count). The Morgan fingerprint density at radius 2 is 2.41 bits per heavy atom. The molecule has 1 aliphatic heterocycles. The van der Waals surface area contributed by atoms with Crippen LogP contribution < -0.4 is 4.90 Å². The molecule has 0 radical (unpaired) electrons. The maximum atomic E-state index is 10.7. The fourth-order valence-corrected chi connectivity index (χ4v) is 3.04. The van der Waals surface area contributed by atoms with E-state index in [9.17, 15) is 4.79 Å². The Morgan fingerprint density at radius 1 is 1.59 bits per heavy atom. The number of nitriles is 1. The number of aldehydes is 1. The molecule has 0 spiro atoms. The van der Waals surface area contributed by atoms with Gasteiger partial charge in [0.2, 0.25) is 0 Å². The van der Waals surface area contributed by atoms with E-state index in [0.717, 1.165) is 30.8 Å². The zero-order chi connectivity index (χ0) is 12.3. The van der Waals surface area contributed by atoms with Gasteiger partial charge in [0.05, 0.1) is 11.3 Å². The number of thioether (sulfide) groups is 1. The van der Waals surface area contributed by atoms with Gasteiger partial charge in [0.1, 0.15) is 12.4 Å². The molecule has 4 heteroatoms. The van der Waals surface area contributed by atoms with Gasteiger partial charge in [-0.05, 0) is 18.2 Å². The smallest absolute Gasteiger partial charge is 0.150 e. The molecular formula is C13H14N2OS. The van der Waals surface area contributed by atoms with Gasteiger partial charge < -0.3 is 4.90 Å². The first-order chi connectivity index (χ1) is 8.24. The van der Waals surface area contributed by atoms with Crippen molar-refractivity contribution in [3.8, 4) is 6.07 Å². The molecule has 0 bridgehead atoms. The Bertz CT molecular complexity index is 467. The molecule has 1 aliphatic rings. The lowest BCUT2D eigenvalue weighted by Crippen LogP contribution is -2.37. The van der Waals surface area contributed by atoms with Crippen LogP contribution in [0, 0.1) is 11.3 Å². The van der Waals surface area contributed by atoms with Gasteiger partial charge in [-0.2, -0.15) is 17.0 Å². The maximum absolute atomic E-state index is 10.7. The van der Waals surface area contributed by atoms with Crippen molar-refractivity contribution in [3.05, 3.63) is 29.3 Å². The summed E-state index contributed by atoms with van der Waals surface area (Å²) >= 11 is 1.96. The summed E-state index contributed by atoms with van der Waals surface area (Å²) < 4.78 is 0. The van der Waals surface area contributed by atoms with Crippen LogP contribution in [0.4, 0.5) is 5.69 Å². The fourth-order valence-electron chi connectivity index (χ4n) is 2.03. The molecule has 0 aromatic heterocycles. The lowest BCUT2D eigenvalue weighted by molar-refractivity contribution is 0.112. The molecule has 1 unspecified atom stereocenters. The van der Waals surface area contributed by atoms with Crippen LogP contribution in [-0.4, -0.2) is 30.4 Å². The van der Waals surface area contributed by atoms with Crippen LogP contribution in [0.3, 0.4) is 0 Å². The maximum Gasteiger partial charge on any atom is 0.150 e. The average molecular weight is 246 g/mol. The Balaban J connectivity index is 2.31. The van der Waals surface area contributed by atoms with Crippen molar-refractivity contribution in [2.45, 2.75) is 12.2 Å². The molecule has 1 aromatic rings. The minimum atomic E-state index is 0.560. The van der Waals surface area contributed by atoms with Gasteiger partial charge in [-0.1, -0.05) is 6.92 Å². The second-order valence-corrected chi connectivity index (χ2v) is 5.68. The van der Waals surface area contributed by atoms with E-state index >= 15 is 0 Å². The highest BCUT2D eigenvalue weighted by molar-refractivity contribution is 8.00. The van der Waals surface area contributed by atoms with Crippen LogP contribution in [0.1, 0.15) is 22.8 Å². The number of carbonyl (C=O) groups is 1. The first-order valence-corrected chi connectivity index (χ1v) is 6.65. The van der Waals surface area contributed by atoms with Crippen LogP contribution in [0.15, 0.2) is 18.2 Å². The summed E-state index contributed by atoms with van der Waals surface area (Å²) in [4.78, 5) is 12.9. The van der Waals surface area contributed by atoms with Crippen molar-refractivity contribution in [3.63, 3.8) is 0 Å². The topological polar surface area (TPSA) is 44.1 Å². The molecule has 3 nitrogen and oxygen atoms in total. The number of benzene rings is 1. The molecule has 1 saturated heterocycles. The number of nitrogens with zero attached hydrogens (tertiary/aromatic N) is 2. The SMILES string of the molecule is CC1CN(c2ccc(C=O)cc2C#N)CCS1. The van der Waals surface area contributed by atoms with Crippen molar-refractivity contribution in [2.24, 2.45) is 0 Å². The summed E-state index contributed by atoms with van der Waals surface area (Å²) in [5.74, 6) is 1.08. The molecule has 0 saturated carbocycles. The number of carbonyl (C=O) groups excluding carboxylic acids is 1. The molecule has 1 heterocycles. The molecule has 1 fully saturated rings. The third kappa shape index (κ3) is 2.62. The average Bonchev–Trinajstić information content (AvgIpc) is 2.38. The number of hydrogen-bond donors (Lipinski definition) is 0. The van der Waals surface area contributed by atoms with Crippen LogP contribution in [0.25, 0.3) is 0 Å². The lowest BCUT2D eigenvalue weighted by atomic mass is 10.1. The summed E-state index contributed by atoms with van der Waals surface area (Å²) in [6.07, 6.45) is 0.777. The van der Waals surface area contributed by atoms with E-state index in [0.29, 0.717) is 16.4 Å². The van der Waals surface area contributed by atoms with Crippen molar-refractivity contribution in [1.29, 1.82) is 5.26 Å². The number of rotatable bonds is 2. The van der Waals surface area contributed by atoms with Gasteiger partial charge in [-0.15, -0.1) is 0 Å². The Labute approximate surface area is 105 Å². The van der Waals surface area contributed by atoms with E-state index in [1.807, 2.05) is 17.8 Å². The molecule has 1 atom stereocenters. The number of hydrogen-bond acceptors (Lipinski definition) is 4. The van der Waals surface area contributed by atoms with Crippen LogP contribution in [0.2, 0.25) is 0 Å². The second-order valence-electron chi connectivity index (χ2n) is 4.13. The third-order valence-electron chi connectivity index (χ3n) is 2.86. The molecule has 17 heavy (non-hydrogen) atoms. The quantitative estimate of drug-likeness (QED) is 0.751. The van der Waals surface area contributed by atoms with Gasteiger partial charge in [0, 0.05) is 29.7 Å². The molecule has 1 aromatic carbocycles. The highest BCUT2D eigenvalue weighted by atomic mass is 32.2.